The van der Waals surface area contributed by atoms with Gasteiger partial charge in [0, 0.05) is 5.41 Å². The zero-order valence-electron chi connectivity index (χ0n) is 13.9. The molecule has 3 unspecified atom stereocenters. The highest BCUT2D eigenvalue weighted by Crippen LogP contribution is 2.66. The average molecular weight is 293 g/mol. The summed E-state index contributed by atoms with van der Waals surface area (Å²) in [5.74, 6) is 0.571. The molecule has 3 aliphatic carbocycles. The van der Waals surface area contributed by atoms with Gasteiger partial charge in [0.2, 0.25) is 0 Å². The van der Waals surface area contributed by atoms with Crippen molar-refractivity contribution in [3.8, 4) is 0 Å². The van der Waals surface area contributed by atoms with E-state index in [0.29, 0.717) is 5.92 Å². The molecule has 3 saturated carbocycles. The van der Waals surface area contributed by atoms with Crippen LogP contribution in [-0.4, -0.2) is 17.6 Å². The smallest absolute Gasteiger partial charge is 0.326 e. The van der Waals surface area contributed by atoms with Crippen LogP contribution in [0.25, 0.3) is 0 Å². The summed E-state index contributed by atoms with van der Waals surface area (Å²) in [6.07, 6.45) is 9.66. The number of hydrogen-bond donors (Lipinski definition) is 1. The normalized spacial score (nSPS) is 40.8. The van der Waals surface area contributed by atoms with Crippen molar-refractivity contribution in [1.29, 1.82) is 0 Å². The third-order valence-electron chi connectivity index (χ3n) is 7.37. The lowest BCUT2D eigenvalue weighted by molar-refractivity contribution is -0.164. The van der Waals surface area contributed by atoms with Gasteiger partial charge in [-0.15, -0.1) is 0 Å². The summed E-state index contributed by atoms with van der Waals surface area (Å²) >= 11 is 0. The van der Waals surface area contributed by atoms with E-state index in [1.165, 1.54) is 25.7 Å². The van der Waals surface area contributed by atoms with Gasteiger partial charge in [-0.3, -0.25) is 4.79 Å². The molecule has 21 heavy (non-hydrogen) atoms. The third-order valence-corrected chi connectivity index (χ3v) is 7.37. The van der Waals surface area contributed by atoms with Crippen LogP contribution < -0.4 is 5.73 Å². The number of nitrogens with two attached hydrogens (primary N) is 1. The fourth-order valence-electron chi connectivity index (χ4n) is 5.12. The molecule has 0 aromatic carbocycles. The summed E-state index contributed by atoms with van der Waals surface area (Å²) in [6, 6.07) is 0. The Kier molecular flexibility index (Phi) is 3.63. The first-order valence-electron chi connectivity index (χ1n) is 8.80. The second kappa shape index (κ2) is 4.97. The van der Waals surface area contributed by atoms with Gasteiger partial charge >= 0.3 is 5.97 Å². The van der Waals surface area contributed by atoms with E-state index in [-0.39, 0.29) is 22.9 Å². The van der Waals surface area contributed by atoms with Crippen LogP contribution in [0.5, 0.6) is 0 Å². The highest BCUT2D eigenvalue weighted by Gasteiger charge is 2.63. The molecule has 0 aromatic rings. The van der Waals surface area contributed by atoms with Crippen molar-refractivity contribution in [3.05, 3.63) is 0 Å². The summed E-state index contributed by atoms with van der Waals surface area (Å²) in [5, 5.41) is 0. The molecule has 2 bridgehead atoms. The van der Waals surface area contributed by atoms with Crippen molar-refractivity contribution >= 4 is 5.97 Å². The molecule has 0 amide bonds. The fourth-order valence-corrected chi connectivity index (χ4v) is 5.12. The van der Waals surface area contributed by atoms with Crippen molar-refractivity contribution in [3.63, 3.8) is 0 Å². The number of rotatable bonds is 2. The van der Waals surface area contributed by atoms with Gasteiger partial charge in [0.25, 0.3) is 0 Å². The van der Waals surface area contributed by atoms with Crippen molar-refractivity contribution in [2.45, 2.75) is 90.2 Å². The van der Waals surface area contributed by atoms with Crippen LogP contribution in [-0.2, 0) is 9.53 Å². The zero-order chi connectivity index (χ0) is 15.3. The van der Waals surface area contributed by atoms with E-state index in [9.17, 15) is 4.79 Å². The molecule has 3 fully saturated rings. The van der Waals surface area contributed by atoms with Crippen LogP contribution in [0, 0.1) is 16.7 Å². The molecule has 3 atom stereocenters. The van der Waals surface area contributed by atoms with E-state index < -0.39 is 5.54 Å². The van der Waals surface area contributed by atoms with Gasteiger partial charge in [0.15, 0.2) is 0 Å². The number of ether oxygens (including phenoxy) is 1. The van der Waals surface area contributed by atoms with Crippen LogP contribution in [0.1, 0.15) is 78.6 Å². The highest BCUT2D eigenvalue weighted by molar-refractivity contribution is 5.80. The third kappa shape index (κ3) is 2.23. The van der Waals surface area contributed by atoms with Crippen LogP contribution in [0.4, 0.5) is 0 Å². The number of esters is 1. The minimum atomic E-state index is -0.723. The molecule has 0 saturated heterocycles. The summed E-state index contributed by atoms with van der Waals surface area (Å²) in [4.78, 5) is 12.7. The Morgan fingerprint density at radius 2 is 1.67 bits per heavy atom. The molecule has 0 aromatic heterocycles. The van der Waals surface area contributed by atoms with Gasteiger partial charge in [0.1, 0.15) is 11.6 Å². The Balaban J connectivity index is 1.71. The lowest BCUT2D eigenvalue weighted by Crippen LogP contribution is -2.51. The quantitative estimate of drug-likeness (QED) is 0.622. The summed E-state index contributed by atoms with van der Waals surface area (Å²) in [5.41, 5.74) is 6.11. The Bertz CT molecular complexity index is 423. The lowest BCUT2D eigenvalue weighted by atomic mass is 9.70. The van der Waals surface area contributed by atoms with Crippen LogP contribution in [0.3, 0.4) is 0 Å². The number of fused-ring (bicyclic) bond motifs is 2. The topological polar surface area (TPSA) is 52.3 Å². The fraction of sp³-hybridized carbons (Fsp3) is 0.944. The van der Waals surface area contributed by atoms with Gasteiger partial charge in [-0.2, -0.15) is 0 Å². The average Bonchev–Trinajstić information content (AvgIpc) is 2.69. The summed E-state index contributed by atoms with van der Waals surface area (Å²) in [6.45, 7) is 7.01. The van der Waals surface area contributed by atoms with Gasteiger partial charge in [-0.25, -0.2) is 0 Å². The van der Waals surface area contributed by atoms with E-state index >= 15 is 0 Å². The predicted octanol–water partition coefficient (Wildman–Crippen LogP) is 3.80. The second-order valence-electron chi connectivity index (χ2n) is 8.57. The minimum Gasteiger partial charge on any atom is -0.460 e. The zero-order valence-corrected chi connectivity index (χ0v) is 13.9. The minimum absolute atomic E-state index is 0.0717. The molecule has 3 aliphatic rings. The first-order chi connectivity index (χ1) is 9.80. The van der Waals surface area contributed by atoms with Crippen molar-refractivity contribution in [2.24, 2.45) is 22.5 Å². The van der Waals surface area contributed by atoms with Gasteiger partial charge in [-0.05, 0) is 43.4 Å². The second-order valence-corrected chi connectivity index (χ2v) is 8.57. The van der Waals surface area contributed by atoms with E-state index in [1.54, 1.807) is 0 Å². The summed E-state index contributed by atoms with van der Waals surface area (Å²) < 4.78 is 6.02. The molecule has 0 aliphatic heterocycles. The number of carbonyl (C=O) groups excluding carboxylic acids is 1. The monoisotopic (exact) mass is 293 g/mol. The molecule has 3 nitrogen and oxygen atoms in total. The first kappa shape index (κ1) is 15.3. The molecule has 0 radical (unpaired) electrons. The molecule has 2 N–H and O–H groups in total. The Hall–Kier alpha value is -0.570. The van der Waals surface area contributed by atoms with Crippen molar-refractivity contribution in [1.82, 2.24) is 0 Å². The first-order valence-corrected chi connectivity index (χ1v) is 8.80. The largest absolute Gasteiger partial charge is 0.460 e. The van der Waals surface area contributed by atoms with Crippen molar-refractivity contribution < 1.29 is 9.53 Å². The van der Waals surface area contributed by atoms with Crippen LogP contribution in [0.2, 0.25) is 0 Å². The Morgan fingerprint density at radius 1 is 1.05 bits per heavy atom. The van der Waals surface area contributed by atoms with Gasteiger partial charge in [-0.1, -0.05) is 46.5 Å². The Morgan fingerprint density at radius 3 is 2.14 bits per heavy atom. The van der Waals surface area contributed by atoms with Gasteiger partial charge < -0.3 is 10.5 Å². The van der Waals surface area contributed by atoms with E-state index in [1.807, 2.05) is 0 Å². The maximum atomic E-state index is 12.7. The maximum Gasteiger partial charge on any atom is 0.326 e. The maximum absolute atomic E-state index is 12.7. The van der Waals surface area contributed by atoms with Crippen LogP contribution in [0.15, 0.2) is 0 Å². The van der Waals surface area contributed by atoms with Crippen molar-refractivity contribution in [2.75, 3.05) is 0 Å². The lowest BCUT2D eigenvalue weighted by Gasteiger charge is -2.39. The predicted molar refractivity (Wildman–Crippen MR) is 83.7 cm³/mol. The van der Waals surface area contributed by atoms with E-state index in [2.05, 4.69) is 20.8 Å². The highest BCUT2D eigenvalue weighted by atomic mass is 16.5. The van der Waals surface area contributed by atoms with E-state index in [0.717, 1.165) is 32.1 Å². The number of carbonyl (C=O) groups is 1. The molecule has 3 rings (SSSR count). The van der Waals surface area contributed by atoms with E-state index in [4.69, 9.17) is 10.5 Å². The Labute approximate surface area is 129 Å². The summed E-state index contributed by atoms with van der Waals surface area (Å²) in [7, 11) is 0. The molecule has 120 valence electrons. The molecular formula is C18H31NO2. The van der Waals surface area contributed by atoms with Crippen LogP contribution >= 0.6 is 0 Å². The number of hydrogen-bond acceptors (Lipinski definition) is 3. The standard InChI is InChI=1S/C18H31NO2/c1-16(2)13-8-11-17(16,3)14(12-13)21-15(20)18(19)9-6-4-5-7-10-18/h13-14H,4-12,19H2,1-3H3. The molecular weight excluding hydrogens is 262 g/mol. The molecule has 0 spiro atoms. The van der Waals surface area contributed by atoms with Gasteiger partial charge in [0.05, 0.1) is 0 Å². The SMILES string of the molecule is CC1(C)C2CCC1(C)C(OC(=O)C1(N)CCCCCC1)C2. The molecule has 0 heterocycles. The molecule has 3 heteroatoms.